The molecule has 2 aromatic heterocycles. The van der Waals surface area contributed by atoms with Gasteiger partial charge in [0.25, 0.3) is 5.22 Å². The Kier molecular flexibility index (Phi) is 3.31. The Morgan fingerprint density at radius 3 is 2.85 bits per heavy atom. The summed E-state index contributed by atoms with van der Waals surface area (Å²) in [5.41, 5.74) is 8.91. The van der Waals surface area contributed by atoms with Crippen LogP contribution in [0.15, 0.2) is 38.9 Å². The van der Waals surface area contributed by atoms with Gasteiger partial charge in [-0.25, -0.2) is 15.0 Å². The molecule has 0 aliphatic rings. The molecule has 6 heteroatoms. The van der Waals surface area contributed by atoms with Gasteiger partial charge in [-0.1, -0.05) is 6.92 Å². The Morgan fingerprint density at radius 1 is 1.20 bits per heavy atom. The number of fused-ring (bicyclic) bond motifs is 1. The minimum absolute atomic E-state index is 0.561. The summed E-state index contributed by atoms with van der Waals surface area (Å²) in [6, 6.07) is 7.38. The van der Waals surface area contributed by atoms with E-state index in [1.807, 2.05) is 19.1 Å². The van der Waals surface area contributed by atoms with Crippen molar-refractivity contribution < 1.29 is 4.42 Å². The number of nitrogens with two attached hydrogens (primary N) is 1. The van der Waals surface area contributed by atoms with Gasteiger partial charge in [-0.15, -0.1) is 0 Å². The first kappa shape index (κ1) is 12.9. The van der Waals surface area contributed by atoms with E-state index >= 15 is 0 Å². The van der Waals surface area contributed by atoms with Crippen LogP contribution in [0, 0.1) is 6.92 Å². The Balaban J connectivity index is 1.94. The van der Waals surface area contributed by atoms with Gasteiger partial charge in [0.1, 0.15) is 16.4 Å². The molecule has 0 fully saturated rings. The molecule has 0 atom stereocenters. The summed E-state index contributed by atoms with van der Waals surface area (Å²) in [6.07, 6.45) is 0.876. The topological polar surface area (TPSA) is 77.8 Å². The Bertz CT molecular complexity index is 769. The summed E-state index contributed by atoms with van der Waals surface area (Å²) in [4.78, 5) is 13.2. The van der Waals surface area contributed by atoms with Crippen molar-refractivity contribution >= 4 is 28.5 Å². The van der Waals surface area contributed by atoms with Crippen LogP contribution in [-0.2, 0) is 6.42 Å². The van der Waals surface area contributed by atoms with E-state index in [4.69, 9.17) is 10.2 Å². The number of nitrogens with zero attached hydrogens (tertiary/aromatic N) is 3. The molecular weight excluding hydrogens is 272 g/mol. The number of aryl methyl sites for hydroxylation is 2. The monoisotopic (exact) mass is 286 g/mol. The first-order chi connectivity index (χ1) is 9.64. The highest BCUT2D eigenvalue weighted by atomic mass is 32.2. The number of benzene rings is 1. The second-order valence-electron chi connectivity index (χ2n) is 4.41. The normalized spacial score (nSPS) is 11.1. The minimum atomic E-state index is 0.561. The lowest BCUT2D eigenvalue weighted by molar-refractivity contribution is 0.489. The molecule has 2 N–H and O–H groups in total. The van der Waals surface area contributed by atoms with Gasteiger partial charge in [-0.3, -0.25) is 0 Å². The molecule has 5 nitrogen and oxygen atoms in total. The van der Waals surface area contributed by atoms with Crippen LogP contribution in [0.2, 0.25) is 0 Å². The molecule has 0 saturated heterocycles. The summed E-state index contributed by atoms with van der Waals surface area (Å²) in [7, 11) is 0. The SMILES string of the molecule is CCc1cc(Sc2nc3cc(N)ccc3o2)nc(C)n1. The van der Waals surface area contributed by atoms with E-state index in [9.17, 15) is 0 Å². The molecule has 20 heavy (non-hydrogen) atoms. The van der Waals surface area contributed by atoms with Crippen LogP contribution in [0.1, 0.15) is 18.4 Å². The van der Waals surface area contributed by atoms with E-state index in [0.717, 1.165) is 34.1 Å². The number of oxazole rings is 1. The third kappa shape index (κ3) is 2.60. The highest BCUT2D eigenvalue weighted by Crippen LogP contribution is 2.29. The molecule has 0 aliphatic carbocycles. The molecule has 0 spiro atoms. The number of nitrogen functional groups attached to an aromatic ring is 1. The number of aromatic nitrogens is 3. The summed E-state index contributed by atoms with van der Waals surface area (Å²) < 4.78 is 5.68. The highest BCUT2D eigenvalue weighted by Gasteiger charge is 2.10. The zero-order valence-electron chi connectivity index (χ0n) is 11.3. The van der Waals surface area contributed by atoms with E-state index in [1.165, 1.54) is 11.8 Å². The smallest absolute Gasteiger partial charge is 0.263 e. The van der Waals surface area contributed by atoms with Gasteiger partial charge in [0.2, 0.25) is 0 Å². The van der Waals surface area contributed by atoms with E-state index in [-0.39, 0.29) is 0 Å². The fourth-order valence-electron chi connectivity index (χ4n) is 1.89. The molecule has 1 aromatic carbocycles. The van der Waals surface area contributed by atoms with E-state index in [1.54, 1.807) is 12.1 Å². The zero-order valence-corrected chi connectivity index (χ0v) is 12.1. The van der Waals surface area contributed by atoms with Crippen molar-refractivity contribution in [3.05, 3.63) is 35.8 Å². The maximum atomic E-state index is 5.73. The summed E-state index contributed by atoms with van der Waals surface area (Å²) in [5.74, 6) is 0.757. The second kappa shape index (κ2) is 5.13. The molecule has 3 rings (SSSR count). The Labute approximate surface area is 120 Å². The summed E-state index contributed by atoms with van der Waals surface area (Å²) in [6.45, 7) is 3.95. The molecule has 0 saturated carbocycles. The van der Waals surface area contributed by atoms with E-state index < -0.39 is 0 Å². The summed E-state index contributed by atoms with van der Waals surface area (Å²) in [5, 5.41) is 1.40. The average Bonchev–Trinajstić information content (AvgIpc) is 2.79. The predicted octanol–water partition coefficient (Wildman–Crippen LogP) is 3.22. The van der Waals surface area contributed by atoms with Crippen LogP contribution in [0.3, 0.4) is 0 Å². The lowest BCUT2D eigenvalue weighted by atomic mass is 10.3. The Morgan fingerprint density at radius 2 is 2.05 bits per heavy atom. The number of hydrogen-bond acceptors (Lipinski definition) is 6. The van der Waals surface area contributed by atoms with Crippen LogP contribution >= 0.6 is 11.8 Å². The van der Waals surface area contributed by atoms with E-state index in [0.29, 0.717) is 10.9 Å². The molecule has 2 heterocycles. The quantitative estimate of drug-likeness (QED) is 0.588. The third-order valence-electron chi connectivity index (χ3n) is 2.81. The standard InChI is InChI=1S/C14H14N4OS/c1-3-10-7-13(17-8(2)16-10)20-14-18-11-6-9(15)4-5-12(11)19-14/h4-7H,3,15H2,1-2H3. The molecule has 0 radical (unpaired) electrons. The van der Waals surface area contributed by atoms with Crippen molar-refractivity contribution in [3.8, 4) is 0 Å². The van der Waals surface area contributed by atoms with Crippen molar-refractivity contribution in [2.24, 2.45) is 0 Å². The van der Waals surface area contributed by atoms with Crippen LogP contribution in [-0.4, -0.2) is 15.0 Å². The first-order valence-corrected chi connectivity index (χ1v) is 7.14. The molecule has 0 amide bonds. The van der Waals surface area contributed by atoms with Crippen molar-refractivity contribution in [1.82, 2.24) is 15.0 Å². The fraction of sp³-hybridized carbons (Fsp3) is 0.214. The van der Waals surface area contributed by atoms with Gasteiger partial charge in [0.15, 0.2) is 5.58 Å². The first-order valence-electron chi connectivity index (χ1n) is 6.32. The molecule has 0 unspecified atom stereocenters. The van der Waals surface area contributed by atoms with Crippen molar-refractivity contribution in [2.75, 3.05) is 5.73 Å². The van der Waals surface area contributed by atoms with Gasteiger partial charge < -0.3 is 10.2 Å². The van der Waals surface area contributed by atoms with Gasteiger partial charge in [0.05, 0.1) is 0 Å². The van der Waals surface area contributed by atoms with E-state index in [2.05, 4.69) is 21.9 Å². The van der Waals surface area contributed by atoms with Crippen molar-refractivity contribution in [2.45, 2.75) is 30.5 Å². The summed E-state index contributed by atoms with van der Waals surface area (Å²) >= 11 is 1.39. The fourth-order valence-corrected chi connectivity index (χ4v) is 2.72. The van der Waals surface area contributed by atoms with Gasteiger partial charge in [0, 0.05) is 11.4 Å². The second-order valence-corrected chi connectivity index (χ2v) is 5.38. The van der Waals surface area contributed by atoms with Gasteiger partial charge in [-0.05, 0) is 49.4 Å². The van der Waals surface area contributed by atoms with Crippen LogP contribution in [0.25, 0.3) is 11.1 Å². The molecule has 0 aliphatic heterocycles. The Hall–Kier alpha value is -2.08. The predicted molar refractivity (Wildman–Crippen MR) is 78.7 cm³/mol. The lowest BCUT2D eigenvalue weighted by Crippen LogP contribution is -1.95. The maximum absolute atomic E-state index is 5.73. The molecule has 0 bridgehead atoms. The van der Waals surface area contributed by atoms with Crippen LogP contribution in [0.4, 0.5) is 5.69 Å². The number of anilines is 1. The lowest BCUT2D eigenvalue weighted by Gasteiger charge is -2.01. The largest absolute Gasteiger partial charge is 0.431 e. The van der Waals surface area contributed by atoms with Gasteiger partial charge in [-0.2, -0.15) is 0 Å². The third-order valence-corrected chi connectivity index (χ3v) is 3.58. The zero-order chi connectivity index (χ0) is 14.1. The van der Waals surface area contributed by atoms with Crippen molar-refractivity contribution in [3.63, 3.8) is 0 Å². The van der Waals surface area contributed by atoms with Crippen LogP contribution in [0.5, 0.6) is 0 Å². The number of rotatable bonds is 3. The average molecular weight is 286 g/mol. The number of hydrogen-bond donors (Lipinski definition) is 1. The maximum Gasteiger partial charge on any atom is 0.263 e. The minimum Gasteiger partial charge on any atom is -0.431 e. The molecule has 3 aromatic rings. The molecular formula is C14H14N4OS. The molecule has 102 valence electrons. The highest BCUT2D eigenvalue weighted by molar-refractivity contribution is 7.99. The van der Waals surface area contributed by atoms with Gasteiger partial charge >= 0.3 is 0 Å². The van der Waals surface area contributed by atoms with Crippen molar-refractivity contribution in [1.29, 1.82) is 0 Å². The van der Waals surface area contributed by atoms with Crippen LogP contribution < -0.4 is 5.73 Å².